The molecule has 1 aliphatic carbocycles. The van der Waals surface area contributed by atoms with E-state index in [0.29, 0.717) is 0 Å². The summed E-state index contributed by atoms with van der Waals surface area (Å²) in [5.41, 5.74) is -1.36. The van der Waals surface area contributed by atoms with Crippen LogP contribution in [0.5, 0.6) is 0 Å². The van der Waals surface area contributed by atoms with Gasteiger partial charge in [0.05, 0.1) is 0 Å². The number of nitrogens with zero attached hydrogens (tertiary/aromatic N) is 2. The molecule has 0 spiro atoms. The predicted octanol–water partition coefficient (Wildman–Crippen LogP) is 2.01. The highest BCUT2D eigenvalue weighted by Crippen LogP contribution is 2.44. The molecule has 17 heavy (non-hydrogen) atoms. The molecule has 0 aromatic carbocycles. The number of rotatable bonds is 2. The maximum atomic E-state index is 13.1. The minimum Gasteiger partial charge on any atom is -0.480 e. The lowest BCUT2D eigenvalue weighted by Crippen LogP contribution is -2.43. The predicted molar refractivity (Wildman–Crippen MR) is 54.8 cm³/mol. The van der Waals surface area contributed by atoms with Gasteiger partial charge in [0.2, 0.25) is 5.92 Å². The van der Waals surface area contributed by atoms with Crippen molar-refractivity contribution in [2.75, 3.05) is 0 Å². The van der Waals surface area contributed by atoms with Crippen molar-refractivity contribution in [2.45, 2.75) is 37.0 Å². The monoisotopic (exact) mass is 242 g/mol. The van der Waals surface area contributed by atoms with E-state index in [0.717, 1.165) is 0 Å². The van der Waals surface area contributed by atoms with Gasteiger partial charge in [0.25, 0.3) is 0 Å². The van der Waals surface area contributed by atoms with Gasteiger partial charge in [-0.3, -0.25) is 4.79 Å². The van der Waals surface area contributed by atoms with Crippen LogP contribution in [0.3, 0.4) is 0 Å². The van der Waals surface area contributed by atoms with E-state index in [2.05, 4.69) is 9.97 Å². The fraction of sp³-hybridized carbons (Fsp3) is 0.545. The van der Waals surface area contributed by atoms with Gasteiger partial charge in [-0.1, -0.05) is 0 Å². The van der Waals surface area contributed by atoms with Crippen LogP contribution in [0.25, 0.3) is 0 Å². The number of carboxylic acid groups (broad SMARTS) is 1. The number of aliphatic carboxylic acids is 1. The van der Waals surface area contributed by atoms with Crippen molar-refractivity contribution in [3.8, 4) is 0 Å². The minimum atomic E-state index is -2.77. The van der Waals surface area contributed by atoms with E-state index >= 15 is 0 Å². The summed E-state index contributed by atoms with van der Waals surface area (Å²) in [6.45, 7) is 0. The summed E-state index contributed by atoms with van der Waals surface area (Å²) >= 11 is 0. The largest absolute Gasteiger partial charge is 0.480 e. The standard InChI is InChI=1S/C11H12F2N2O2/c12-11(13)4-2-10(3-5-11,9(16)17)8-14-6-1-7-15-8/h1,6-7H,2-5H2,(H,16,17). The number of alkyl halides is 2. The van der Waals surface area contributed by atoms with E-state index in [1.807, 2.05) is 0 Å². The first-order chi connectivity index (χ1) is 7.96. The smallest absolute Gasteiger partial charge is 0.317 e. The van der Waals surface area contributed by atoms with Gasteiger partial charge in [0, 0.05) is 25.2 Å². The summed E-state index contributed by atoms with van der Waals surface area (Å²) in [6, 6.07) is 1.57. The van der Waals surface area contributed by atoms with E-state index in [4.69, 9.17) is 0 Å². The number of hydrogen-bond acceptors (Lipinski definition) is 3. The van der Waals surface area contributed by atoms with Gasteiger partial charge in [-0.2, -0.15) is 0 Å². The third-order valence-corrected chi connectivity index (χ3v) is 3.24. The molecule has 1 aliphatic rings. The topological polar surface area (TPSA) is 63.1 Å². The average Bonchev–Trinajstić information content (AvgIpc) is 2.30. The van der Waals surface area contributed by atoms with Gasteiger partial charge in [0.1, 0.15) is 11.2 Å². The summed E-state index contributed by atoms with van der Waals surface area (Å²) in [5.74, 6) is -3.77. The molecule has 92 valence electrons. The summed E-state index contributed by atoms with van der Waals surface area (Å²) in [6.07, 6.45) is 1.74. The molecule has 1 saturated carbocycles. The fourth-order valence-electron chi connectivity index (χ4n) is 2.12. The zero-order chi connectivity index (χ0) is 12.5. The Labute approximate surface area is 96.7 Å². The number of aromatic nitrogens is 2. The molecule has 1 heterocycles. The normalized spacial score (nSPS) is 22.0. The molecule has 0 saturated heterocycles. The summed E-state index contributed by atoms with van der Waals surface area (Å²) in [5, 5.41) is 9.29. The number of carbonyl (C=O) groups is 1. The van der Waals surface area contributed by atoms with E-state index in [9.17, 15) is 18.7 Å². The van der Waals surface area contributed by atoms with Crippen LogP contribution in [-0.2, 0) is 10.2 Å². The highest BCUT2D eigenvalue weighted by Gasteiger charge is 2.50. The number of carboxylic acids is 1. The Morgan fingerprint density at radius 2 is 1.71 bits per heavy atom. The Kier molecular flexibility index (Phi) is 2.81. The molecule has 4 nitrogen and oxygen atoms in total. The SMILES string of the molecule is O=C(O)C1(c2ncccn2)CCC(F)(F)CC1. The first kappa shape index (κ1) is 11.9. The van der Waals surface area contributed by atoms with Crippen LogP contribution in [0.1, 0.15) is 31.5 Å². The second kappa shape index (κ2) is 4.01. The van der Waals surface area contributed by atoms with E-state index in [1.54, 1.807) is 6.07 Å². The van der Waals surface area contributed by atoms with Crippen molar-refractivity contribution in [1.82, 2.24) is 9.97 Å². The highest BCUT2D eigenvalue weighted by molar-refractivity contribution is 5.80. The van der Waals surface area contributed by atoms with Crippen molar-refractivity contribution in [3.05, 3.63) is 24.3 Å². The van der Waals surface area contributed by atoms with Crippen molar-refractivity contribution in [2.24, 2.45) is 0 Å². The van der Waals surface area contributed by atoms with Crippen molar-refractivity contribution in [1.29, 1.82) is 0 Å². The second-order valence-corrected chi connectivity index (χ2v) is 4.32. The average molecular weight is 242 g/mol. The third-order valence-electron chi connectivity index (χ3n) is 3.24. The lowest BCUT2D eigenvalue weighted by Gasteiger charge is -2.35. The molecular formula is C11H12F2N2O2. The fourth-order valence-corrected chi connectivity index (χ4v) is 2.12. The molecule has 0 amide bonds. The van der Waals surface area contributed by atoms with Crippen LogP contribution in [0.2, 0.25) is 0 Å². The van der Waals surface area contributed by atoms with Crippen LogP contribution in [0, 0.1) is 0 Å². The molecule has 1 aromatic rings. The van der Waals surface area contributed by atoms with Crippen LogP contribution in [0.15, 0.2) is 18.5 Å². The summed E-state index contributed by atoms with van der Waals surface area (Å²) < 4.78 is 26.2. The lowest BCUT2D eigenvalue weighted by molar-refractivity contribution is -0.149. The molecule has 0 radical (unpaired) electrons. The molecule has 0 unspecified atom stereocenters. The van der Waals surface area contributed by atoms with Crippen molar-refractivity contribution < 1.29 is 18.7 Å². The minimum absolute atomic E-state index is 0.126. The van der Waals surface area contributed by atoms with Gasteiger partial charge < -0.3 is 5.11 Å². The first-order valence-electron chi connectivity index (χ1n) is 5.35. The van der Waals surface area contributed by atoms with Crippen LogP contribution >= 0.6 is 0 Å². The second-order valence-electron chi connectivity index (χ2n) is 4.32. The van der Waals surface area contributed by atoms with Crippen LogP contribution < -0.4 is 0 Å². The summed E-state index contributed by atoms with van der Waals surface area (Å²) in [7, 11) is 0. The van der Waals surface area contributed by atoms with Crippen LogP contribution in [-0.4, -0.2) is 27.0 Å². The van der Waals surface area contributed by atoms with Crippen LogP contribution in [0.4, 0.5) is 8.78 Å². The van der Waals surface area contributed by atoms with E-state index in [1.165, 1.54) is 12.4 Å². The van der Waals surface area contributed by atoms with Gasteiger partial charge in [-0.15, -0.1) is 0 Å². The molecule has 1 N–H and O–H groups in total. The number of halogens is 2. The Bertz CT molecular complexity index is 413. The van der Waals surface area contributed by atoms with Gasteiger partial charge in [-0.25, -0.2) is 18.7 Å². The Hall–Kier alpha value is -1.59. The Morgan fingerprint density at radius 1 is 1.18 bits per heavy atom. The first-order valence-corrected chi connectivity index (χ1v) is 5.35. The molecule has 1 fully saturated rings. The van der Waals surface area contributed by atoms with Crippen molar-refractivity contribution >= 4 is 5.97 Å². The third kappa shape index (κ3) is 2.11. The van der Waals surface area contributed by atoms with E-state index < -0.39 is 30.1 Å². The van der Waals surface area contributed by atoms with Crippen molar-refractivity contribution in [3.63, 3.8) is 0 Å². The highest BCUT2D eigenvalue weighted by atomic mass is 19.3. The maximum Gasteiger partial charge on any atom is 0.317 e. The Morgan fingerprint density at radius 3 is 2.18 bits per heavy atom. The van der Waals surface area contributed by atoms with Gasteiger partial charge in [-0.05, 0) is 18.9 Å². The van der Waals surface area contributed by atoms with Gasteiger partial charge >= 0.3 is 5.97 Å². The zero-order valence-electron chi connectivity index (χ0n) is 9.07. The molecular weight excluding hydrogens is 230 g/mol. The molecule has 0 bridgehead atoms. The quantitative estimate of drug-likeness (QED) is 0.861. The van der Waals surface area contributed by atoms with E-state index in [-0.39, 0.29) is 18.7 Å². The molecule has 0 aliphatic heterocycles. The molecule has 6 heteroatoms. The van der Waals surface area contributed by atoms with Gasteiger partial charge in [0.15, 0.2) is 0 Å². The molecule has 0 atom stereocenters. The lowest BCUT2D eigenvalue weighted by atomic mass is 9.72. The zero-order valence-corrected chi connectivity index (χ0v) is 9.07. The molecule has 1 aromatic heterocycles. The maximum absolute atomic E-state index is 13.1. The number of hydrogen-bond donors (Lipinski definition) is 1. The summed E-state index contributed by atoms with van der Waals surface area (Å²) in [4.78, 5) is 19.2. The molecule has 2 rings (SSSR count). The Balaban J connectivity index is 2.33.